The lowest BCUT2D eigenvalue weighted by Crippen LogP contribution is -2.70. The lowest BCUT2D eigenvalue weighted by atomic mass is 10.1. The molecule has 0 aliphatic rings. The van der Waals surface area contributed by atoms with Gasteiger partial charge in [-0.05, 0) is 43.2 Å². The summed E-state index contributed by atoms with van der Waals surface area (Å²) in [5.41, 5.74) is 5.21. The van der Waals surface area contributed by atoms with Crippen LogP contribution in [0.5, 0.6) is 5.75 Å². The Bertz CT molecular complexity index is 1160. The summed E-state index contributed by atoms with van der Waals surface area (Å²) in [6.45, 7) is 4.20. The molecule has 1 aromatic heterocycles. The van der Waals surface area contributed by atoms with E-state index < -0.39 is 0 Å². The molecular formula is C23H20NO2+. The molecule has 3 aromatic carbocycles. The fourth-order valence-electron chi connectivity index (χ4n) is 3.00. The normalized spacial score (nSPS) is 11.8. The smallest absolute Gasteiger partial charge is 0.218 e. The Kier molecular flexibility index (Phi) is 4.05. The van der Waals surface area contributed by atoms with E-state index in [1.165, 1.54) is 11.1 Å². The molecule has 1 heterocycles. The van der Waals surface area contributed by atoms with E-state index in [1.807, 2.05) is 36.4 Å². The van der Waals surface area contributed by atoms with Crippen LogP contribution in [0.2, 0.25) is 0 Å². The molecule has 3 nitrogen and oxygen atoms in total. The molecular weight excluding hydrogens is 322 g/mol. The molecule has 0 spiro atoms. The molecule has 4 rings (SSSR count). The third kappa shape index (κ3) is 3.11. The molecule has 2 N–H and O–H groups in total. The average molecular weight is 342 g/mol. The first-order valence-corrected chi connectivity index (χ1v) is 8.60. The molecule has 0 amide bonds. The van der Waals surface area contributed by atoms with Crippen LogP contribution in [0.4, 0.5) is 5.69 Å². The van der Waals surface area contributed by atoms with Crippen LogP contribution in [0.1, 0.15) is 11.1 Å². The fraction of sp³-hybridized carbons (Fsp3) is 0.0870. The molecule has 0 unspecified atom stereocenters. The maximum Gasteiger partial charge on any atom is 0.218 e. The number of benzene rings is 3. The Hall–Kier alpha value is -3.33. The van der Waals surface area contributed by atoms with Gasteiger partial charge in [0.05, 0.1) is 11.5 Å². The van der Waals surface area contributed by atoms with Gasteiger partial charge in [0, 0.05) is 17.7 Å². The van der Waals surface area contributed by atoms with Gasteiger partial charge in [0.2, 0.25) is 11.0 Å². The Balaban J connectivity index is 2.00. The topological polar surface area (TPSA) is 47.3 Å². The molecule has 0 saturated heterocycles. The van der Waals surface area contributed by atoms with Crippen LogP contribution < -0.4 is 10.3 Å². The number of fused-ring (bicyclic) bond motifs is 1. The maximum atomic E-state index is 9.92. The van der Waals surface area contributed by atoms with Crippen molar-refractivity contribution in [3.8, 4) is 17.1 Å². The van der Waals surface area contributed by atoms with Crippen LogP contribution in [0.3, 0.4) is 0 Å². The number of phenolic OH excluding ortho intramolecular Hbond substituents is 1. The molecule has 0 saturated carbocycles. The summed E-state index contributed by atoms with van der Waals surface area (Å²) in [7, 11) is 0. The Morgan fingerprint density at radius 1 is 0.808 bits per heavy atom. The van der Waals surface area contributed by atoms with Crippen molar-refractivity contribution < 1.29 is 14.5 Å². The van der Waals surface area contributed by atoms with Gasteiger partial charge in [0.1, 0.15) is 17.1 Å². The number of phenols is 1. The van der Waals surface area contributed by atoms with Crippen molar-refractivity contribution in [2.24, 2.45) is 0 Å². The van der Waals surface area contributed by atoms with Crippen molar-refractivity contribution in [3.05, 3.63) is 89.3 Å². The van der Waals surface area contributed by atoms with E-state index in [2.05, 4.69) is 37.0 Å². The number of aromatic hydroxyl groups is 1. The zero-order valence-electron chi connectivity index (χ0n) is 14.8. The van der Waals surface area contributed by atoms with Crippen LogP contribution in [0.15, 0.2) is 77.2 Å². The Morgan fingerprint density at radius 3 is 2.38 bits per heavy atom. The summed E-state index contributed by atoms with van der Waals surface area (Å²) >= 11 is 0. The van der Waals surface area contributed by atoms with Gasteiger partial charge < -0.3 is 9.52 Å². The van der Waals surface area contributed by atoms with E-state index >= 15 is 0 Å². The first-order valence-electron chi connectivity index (χ1n) is 8.60. The predicted molar refractivity (Wildman–Crippen MR) is 103 cm³/mol. The van der Waals surface area contributed by atoms with E-state index in [-0.39, 0.29) is 5.75 Å². The first-order chi connectivity index (χ1) is 12.6. The van der Waals surface area contributed by atoms with Gasteiger partial charge in [-0.25, -0.2) is 4.99 Å². The molecule has 0 bridgehead atoms. The zero-order valence-corrected chi connectivity index (χ0v) is 14.8. The average Bonchev–Trinajstić information content (AvgIpc) is 2.65. The molecule has 0 fully saturated rings. The summed E-state index contributed by atoms with van der Waals surface area (Å²) in [6.07, 6.45) is 0. The summed E-state index contributed by atoms with van der Waals surface area (Å²) in [5.74, 6) is 0.985. The van der Waals surface area contributed by atoms with Crippen LogP contribution >= 0.6 is 0 Å². The number of nitrogens with one attached hydrogen (secondary N) is 1. The Morgan fingerprint density at radius 2 is 1.62 bits per heavy atom. The minimum absolute atomic E-state index is 0.211. The SMILES string of the molecule is Cc1ccc([NH+]=c2cc(-c3ccccc3)oc3ccc(O)cc23)cc1C. The molecule has 26 heavy (non-hydrogen) atoms. The summed E-state index contributed by atoms with van der Waals surface area (Å²) in [6, 6.07) is 23.4. The van der Waals surface area contributed by atoms with Crippen molar-refractivity contribution in [2.75, 3.05) is 0 Å². The zero-order chi connectivity index (χ0) is 18.1. The van der Waals surface area contributed by atoms with E-state index in [9.17, 15) is 5.11 Å². The molecule has 0 aliphatic heterocycles. The quantitative estimate of drug-likeness (QED) is 0.583. The molecule has 128 valence electrons. The van der Waals surface area contributed by atoms with Crippen LogP contribution in [-0.2, 0) is 0 Å². The van der Waals surface area contributed by atoms with Crippen LogP contribution in [0.25, 0.3) is 22.3 Å². The van der Waals surface area contributed by atoms with Gasteiger partial charge in [-0.2, -0.15) is 0 Å². The van der Waals surface area contributed by atoms with Gasteiger partial charge in [-0.1, -0.05) is 36.4 Å². The molecule has 0 atom stereocenters. The summed E-state index contributed by atoms with van der Waals surface area (Å²) < 4.78 is 6.07. The van der Waals surface area contributed by atoms with Crippen molar-refractivity contribution in [2.45, 2.75) is 13.8 Å². The predicted octanol–water partition coefficient (Wildman–Crippen LogP) is 3.74. The van der Waals surface area contributed by atoms with Crippen LogP contribution in [0, 0.1) is 13.8 Å². The second kappa shape index (κ2) is 6.52. The van der Waals surface area contributed by atoms with E-state index in [4.69, 9.17) is 4.42 Å². The largest absolute Gasteiger partial charge is 0.508 e. The van der Waals surface area contributed by atoms with Gasteiger partial charge in [-0.15, -0.1) is 0 Å². The van der Waals surface area contributed by atoms with E-state index in [0.29, 0.717) is 0 Å². The minimum Gasteiger partial charge on any atom is -0.508 e. The lowest BCUT2D eigenvalue weighted by molar-refractivity contribution is -0.400. The number of aryl methyl sites for hydroxylation is 2. The summed E-state index contributed by atoms with van der Waals surface area (Å²) in [5, 5.41) is 11.6. The van der Waals surface area contributed by atoms with Crippen molar-refractivity contribution in [3.63, 3.8) is 0 Å². The minimum atomic E-state index is 0.211. The maximum absolute atomic E-state index is 9.92. The Labute approximate surface area is 151 Å². The fourth-order valence-corrected chi connectivity index (χ4v) is 3.00. The first kappa shape index (κ1) is 16.2. The number of hydrogen-bond acceptors (Lipinski definition) is 2. The highest BCUT2D eigenvalue weighted by atomic mass is 16.3. The standard InChI is InChI=1S/C23H19NO2/c1-15-8-9-18(12-16(15)2)24-21-14-23(17-6-4-3-5-7-17)26-22-11-10-19(25)13-20(21)22/h3-14,25H,1-2H3/p+1. The van der Waals surface area contributed by atoms with Crippen molar-refractivity contribution in [1.82, 2.24) is 0 Å². The third-order valence-electron chi connectivity index (χ3n) is 4.59. The highest BCUT2D eigenvalue weighted by Gasteiger charge is 2.10. The van der Waals surface area contributed by atoms with Crippen molar-refractivity contribution in [1.29, 1.82) is 0 Å². The molecule has 0 aliphatic carbocycles. The monoisotopic (exact) mass is 342 g/mol. The number of rotatable bonds is 2. The highest BCUT2D eigenvalue weighted by molar-refractivity contribution is 5.79. The highest BCUT2D eigenvalue weighted by Crippen LogP contribution is 2.23. The van der Waals surface area contributed by atoms with Gasteiger partial charge in [-0.3, -0.25) is 0 Å². The second-order valence-electron chi connectivity index (χ2n) is 6.49. The van der Waals surface area contributed by atoms with Crippen LogP contribution in [-0.4, -0.2) is 5.11 Å². The van der Waals surface area contributed by atoms with E-state index in [0.717, 1.165) is 33.3 Å². The molecule has 4 aromatic rings. The molecule has 0 radical (unpaired) electrons. The van der Waals surface area contributed by atoms with Gasteiger partial charge in [0.15, 0.2) is 0 Å². The second-order valence-corrected chi connectivity index (χ2v) is 6.49. The third-order valence-corrected chi connectivity index (χ3v) is 4.59. The van der Waals surface area contributed by atoms with Gasteiger partial charge >= 0.3 is 0 Å². The van der Waals surface area contributed by atoms with Crippen molar-refractivity contribution >= 4 is 16.7 Å². The number of hydrogen-bond donors (Lipinski definition) is 2. The summed E-state index contributed by atoms with van der Waals surface area (Å²) in [4.78, 5) is 3.48. The van der Waals surface area contributed by atoms with E-state index in [1.54, 1.807) is 18.2 Å². The lowest BCUT2D eigenvalue weighted by Gasteiger charge is -2.03. The van der Waals surface area contributed by atoms with Gasteiger partial charge in [0.25, 0.3) is 0 Å². The molecule has 3 heteroatoms.